The van der Waals surface area contributed by atoms with E-state index in [1.165, 1.54) is 29.5 Å². The minimum atomic E-state index is 0.327. The van der Waals surface area contributed by atoms with Crippen LogP contribution < -0.4 is 5.32 Å². The molecule has 1 aliphatic carbocycles. The molecule has 2 atom stereocenters. The number of fused-ring (bicyclic) bond motifs is 1. The summed E-state index contributed by atoms with van der Waals surface area (Å²) in [5, 5.41) is 3.75. The van der Waals surface area contributed by atoms with Gasteiger partial charge in [0.2, 0.25) is 0 Å². The molecular weight excluding hydrogens is 234 g/mol. The van der Waals surface area contributed by atoms with E-state index in [0.29, 0.717) is 12.1 Å². The van der Waals surface area contributed by atoms with E-state index in [-0.39, 0.29) is 0 Å². The van der Waals surface area contributed by atoms with Gasteiger partial charge in [-0.3, -0.25) is 0 Å². The predicted molar refractivity (Wildman–Crippen MR) is 77.2 cm³/mol. The minimum absolute atomic E-state index is 0.327. The van der Waals surface area contributed by atoms with Crippen LogP contribution in [-0.2, 0) is 6.42 Å². The zero-order valence-corrected chi connectivity index (χ0v) is 11.9. The molecule has 2 aromatic rings. The van der Waals surface area contributed by atoms with Gasteiger partial charge in [-0.05, 0) is 50.8 Å². The Labute approximate surface area is 114 Å². The highest BCUT2D eigenvalue weighted by Crippen LogP contribution is 2.33. The van der Waals surface area contributed by atoms with Gasteiger partial charge in [-0.1, -0.05) is 24.3 Å². The Balaban J connectivity index is 1.78. The lowest BCUT2D eigenvalue weighted by atomic mass is 10.0. The number of nitrogens with one attached hydrogen (secondary N) is 1. The fourth-order valence-corrected chi connectivity index (χ4v) is 3.20. The second kappa shape index (κ2) is 4.86. The molecule has 0 bridgehead atoms. The van der Waals surface area contributed by atoms with Crippen LogP contribution in [0.5, 0.6) is 0 Å². The molecule has 1 aromatic carbocycles. The zero-order chi connectivity index (χ0) is 13.4. The van der Waals surface area contributed by atoms with Crippen LogP contribution in [-0.4, -0.2) is 0 Å². The summed E-state index contributed by atoms with van der Waals surface area (Å²) < 4.78 is 5.63. The lowest BCUT2D eigenvalue weighted by Crippen LogP contribution is -2.23. The van der Waals surface area contributed by atoms with Gasteiger partial charge in [0.25, 0.3) is 0 Å². The average Bonchev–Trinajstić information content (AvgIpc) is 2.94. The molecule has 1 aromatic heterocycles. The molecule has 0 fully saturated rings. The Kier molecular flexibility index (Phi) is 3.19. The Morgan fingerprint density at radius 1 is 1.26 bits per heavy atom. The summed E-state index contributed by atoms with van der Waals surface area (Å²) in [5.74, 6) is 2.02. The van der Waals surface area contributed by atoms with Gasteiger partial charge in [0.15, 0.2) is 0 Å². The summed E-state index contributed by atoms with van der Waals surface area (Å²) in [4.78, 5) is 0. The van der Waals surface area contributed by atoms with Crippen molar-refractivity contribution in [3.05, 3.63) is 58.5 Å². The van der Waals surface area contributed by atoms with E-state index in [9.17, 15) is 0 Å². The minimum Gasteiger partial charge on any atom is -0.466 e. The zero-order valence-electron chi connectivity index (χ0n) is 11.9. The number of furan rings is 1. The molecule has 1 heterocycles. The molecular formula is C17H21NO. The van der Waals surface area contributed by atoms with Crippen molar-refractivity contribution in [3.8, 4) is 0 Å². The van der Waals surface area contributed by atoms with Crippen molar-refractivity contribution < 1.29 is 4.42 Å². The predicted octanol–water partition coefficient (Wildman–Crippen LogP) is 4.23. The number of hydrogen-bond donors (Lipinski definition) is 1. The van der Waals surface area contributed by atoms with Crippen LogP contribution in [0, 0.1) is 13.8 Å². The highest BCUT2D eigenvalue weighted by atomic mass is 16.3. The summed E-state index contributed by atoms with van der Waals surface area (Å²) >= 11 is 0. The Morgan fingerprint density at radius 3 is 2.79 bits per heavy atom. The van der Waals surface area contributed by atoms with Gasteiger partial charge in [0, 0.05) is 17.6 Å². The molecule has 0 saturated carbocycles. The largest absolute Gasteiger partial charge is 0.466 e. The first kappa shape index (κ1) is 12.5. The lowest BCUT2D eigenvalue weighted by molar-refractivity contribution is 0.450. The summed E-state index contributed by atoms with van der Waals surface area (Å²) in [7, 11) is 0. The van der Waals surface area contributed by atoms with Gasteiger partial charge in [-0.25, -0.2) is 0 Å². The highest BCUT2D eigenvalue weighted by molar-refractivity contribution is 5.35. The van der Waals surface area contributed by atoms with Crippen molar-refractivity contribution >= 4 is 0 Å². The van der Waals surface area contributed by atoms with Crippen LogP contribution in [0.15, 0.2) is 34.7 Å². The third-order valence-electron chi connectivity index (χ3n) is 4.13. The topological polar surface area (TPSA) is 25.2 Å². The average molecular weight is 255 g/mol. The van der Waals surface area contributed by atoms with Gasteiger partial charge in [-0.2, -0.15) is 0 Å². The number of hydrogen-bond acceptors (Lipinski definition) is 2. The van der Waals surface area contributed by atoms with Gasteiger partial charge >= 0.3 is 0 Å². The highest BCUT2D eigenvalue weighted by Gasteiger charge is 2.24. The number of benzene rings is 1. The van der Waals surface area contributed by atoms with Crippen molar-refractivity contribution in [1.82, 2.24) is 5.32 Å². The maximum absolute atomic E-state index is 5.63. The molecule has 0 radical (unpaired) electrons. The SMILES string of the molecule is Cc1cc(C(C)NC2CCc3ccccc32)c(C)o1. The van der Waals surface area contributed by atoms with Gasteiger partial charge in [0.1, 0.15) is 11.5 Å². The van der Waals surface area contributed by atoms with Crippen molar-refractivity contribution in [2.45, 2.75) is 45.7 Å². The van der Waals surface area contributed by atoms with Gasteiger partial charge in [-0.15, -0.1) is 0 Å². The molecule has 19 heavy (non-hydrogen) atoms. The third kappa shape index (κ3) is 2.33. The lowest BCUT2D eigenvalue weighted by Gasteiger charge is -2.20. The molecule has 0 saturated heterocycles. The van der Waals surface area contributed by atoms with Crippen molar-refractivity contribution in [2.75, 3.05) is 0 Å². The first-order valence-electron chi connectivity index (χ1n) is 7.06. The number of rotatable bonds is 3. The molecule has 0 aliphatic heterocycles. The first-order chi connectivity index (χ1) is 9.15. The fraction of sp³-hybridized carbons (Fsp3) is 0.412. The van der Waals surface area contributed by atoms with Gasteiger partial charge < -0.3 is 9.73 Å². The molecule has 2 unspecified atom stereocenters. The Hall–Kier alpha value is -1.54. The molecule has 3 rings (SSSR count). The van der Waals surface area contributed by atoms with Crippen LogP contribution in [0.25, 0.3) is 0 Å². The van der Waals surface area contributed by atoms with E-state index in [4.69, 9.17) is 4.42 Å². The standard InChI is InChI=1S/C17H21NO/c1-11-10-16(13(3)19-11)12(2)18-17-9-8-14-6-4-5-7-15(14)17/h4-7,10,12,17-18H,8-9H2,1-3H3. The van der Waals surface area contributed by atoms with Crippen molar-refractivity contribution in [2.24, 2.45) is 0 Å². The summed E-state index contributed by atoms with van der Waals surface area (Å²) in [5.41, 5.74) is 4.24. The molecule has 2 nitrogen and oxygen atoms in total. The fourth-order valence-electron chi connectivity index (χ4n) is 3.20. The van der Waals surface area contributed by atoms with Crippen LogP contribution in [0.1, 0.15) is 53.6 Å². The summed E-state index contributed by atoms with van der Waals surface area (Å²) in [6.45, 7) is 6.27. The smallest absolute Gasteiger partial charge is 0.105 e. The first-order valence-corrected chi connectivity index (χ1v) is 7.06. The molecule has 100 valence electrons. The normalized spacial score (nSPS) is 19.4. The van der Waals surface area contributed by atoms with E-state index >= 15 is 0 Å². The van der Waals surface area contributed by atoms with Crippen molar-refractivity contribution in [1.29, 1.82) is 0 Å². The molecule has 2 heteroatoms. The van der Waals surface area contributed by atoms with Crippen LogP contribution in [0.2, 0.25) is 0 Å². The second-order valence-electron chi connectivity index (χ2n) is 5.55. The monoisotopic (exact) mass is 255 g/mol. The van der Waals surface area contributed by atoms with E-state index in [1.807, 2.05) is 13.8 Å². The third-order valence-corrected chi connectivity index (χ3v) is 4.13. The van der Waals surface area contributed by atoms with Crippen molar-refractivity contribution in [3.63, 3.8) is 0 Å². The maximum Gasteiger partial charge on any atom is 0.105 e. The summed E-state index contributed by atoms with van der Waals surface area (Å²) in [6, 6.07) is 11.7. The van der Waals surface area contributed by atoms with E-state index in [2.05, 4.69) is 42.6 Å². The summed E-state index contributed by atoms with van der Waals surface area (Å²) in [6.07, 6.45) is 2.38. The van der Waals surface area contributed by atoms with Crippen LogP contribution in [0.4, 0.5) is 0 Å². The van der Waals surface area contributed by atoms with E-state index < -0.39 is 0 Å². The second-order valence-corrected chi connectivity index (χ2v) is 5.55. The van der Waals surface area contributed by atoms with E-state index in [0.717, 1.165) is 11.5 Å². The van der Waals surface area contributed by atoms with Crippen LogP contribution >= 0.6 is 0 Å². The Bertz CT molecular complexity index is 585. The van der Waals surface area contributed by atoms with Crippen LogP contribution in [0.3, 0.4) is 0 Å². The molecule has 0 amide bonds. The number of aryl methyl sites for hydroxylation is 3. The molecule has 1 aliphatic rings. The maximum atomic E-state index is 5.63. The molecule has 1 N–H and O–H groups in total. The quantitative estimate of drug-likeness (QED) is 0.887. The Morgan fingerprint density at radius 2 is 2.05 bits per heavy atom. The van der Waals surface area contributed by atoms with E-state index in [1.54, 1.807) is 0 Å². The molecule has 0 spiro atoms. The van der Waals surface area contributed by atoms with Gasteiger partial charge in [0.05, 0.1) is 0 Å².